The second-order valence-electron chi connectivity index (χ2n) is 8.90. The van der Waals surface area contributed by atoms with E-state index < -0.39 is 15.4 Å². The SMILES string of the molecule is CC(C)(O)c1cn(-c2ccc(-c3cccc(S(C)(=O)=O)c3)cc2)c(CC(Cl)c2ccccc2)n1. The lowest BCUT2D eigenvalue weighted by atomic mass is 10.1. The Labute approximate surface area is 205 Å². The monoisotopic (exact) mass is 494 g/mol. The summed E-state index contributed by atoms with van der Waals surface area (Å²) < 4.78 is 25.8. The normalized spacial score (nSPS) is 13.1. The quantitative estimate of drug-likeness (QED) is 0.335. The number of halogens is 1. The third kappa shape index (κ3) is 5.41. The van der Waals surface area contributed by atoms with Gasteiger partial charge in [-0.3, -0.25) is 0 Å². The van der Waals surface area contributed by atoms with E-state index in [1.807, 2.05) is 71.4 Å². The Hall–Kier alpha value is -2.93. The number of aromatic nitrogens is 2. The molecule has 0 radical (unpaired) electrons. The highest BCUT2D eigenvalue weighted by atomic mass is 35.5. The van der Waals surface area contributed by atoms with Gasteiger partial charge in [-0.15, -0.1) is 11.6 Å². The first kappa shape index (κ1) is 24.2. The van der Waals surface area contributed by atoms with Crippen molar-refractivity contribution in [3.05, 3.63) is 102 Å². The number of sulfone groups is 1. The third-order valence-corrected chi connectivity index (χ3v) is 7.19. The van der Waals surface area contributed by atoms with Crippen molar-refractivity contribution in [2.75, 3.05) is 6.26 Å². The van der Waals surface area contributed by atoms with Gasteiger partial charge in [0.2, 0.25) is 0 Å². The maximum absolute atomic E-state index is 11.9. The highest BCUT2D eigenvalue weighted by Crippen LogP contribution is 2.29. The highest BCUT2D eigenvalue weighted by molar-refractivity contribution is 7.90. The summed E-state index contributed by atoms with van der Waals surface area (Å²) in [6.07, 6.45) is 3.53. The number of hydrogen-bond donors (Lipinski definition) is 1. The molecule has 1 aromatic heterocycles. The number of imidazole rings is 1. The van der Waals surface area contributed by atoms with Gasteiger partial charge < -0.3 is 9.67 Å². The first-order chi connectivity index (χ1) is 16.0. The summed E-state index contributed by atoms with van der Waals surface area (Å²) in [7, 11) is -3.28. The van der Waals surface area contributed by atoms with Crippen LogP contribution in [0.4, 0.5) is 0 Å². The Morgan fingerprint density at radius 1 is 0.971 bits per heavy atom. The zero-order valence-electron chi connectivity index (χ0n) is 19.3. The molecule has 4 rings (SSSR count). The van der Waals surface area contributed by atoms with Crippen molar-refractivity contribution >= 4 is 21.4 Å². The van der Waals surface area contributed by atoms with Crippen LogP contribution in [0.25, 0.3) is 16.8 Å². The van der Waals surface area contributed by atoms with E-state index in [2.05, 4.69) is 0 Å². The van der Waals surface area contributed by atoms with Crippen LogP contribution in [-0.4, -0.2) is 29.3 Å². The van der Waals surface area contributed by atoms with E-state index in [0.717, 1.165) is 28.2 Å². The zero-order chi connectivity index (χ0) is 24.5. The van der Waals surface area contributed by atoms with Crippen LogP contribution >= 0.6 is 11.6 Å². The summed E-state index contributed by atoms with van der Waals surface area (Å²) in [4.78, 5) is 4.99. The molecular formula is C27H27ClN2O3S. The lowest BCUT2D eigenvalue weighted by molar-refractivity contribution is 0.0741. The first-order valence-corrected chi connectivity index (χ1v) is 13.3. The zero-order valence-corrected chi connectivity index (χ0v) is 20.9. The average molecular weight is 495 g/mol. The van der Waals surface area contributed by atoms with Gasteiger partial charge in [-0.1, -0.05) is 54.6 Å². The molecule has 0 aliphatic carbocycles. The smallest absolute Gasteiger partial charge is 0.175 e. The molecule has 1 N–H and O–H groups in total. The van der Waals surface area contributed by atoms with Crippen molar-refractivity contribution in [2.45, 2.75) is 36.1 Å². The van der Waals surface area contributed by atoms with Gasteiger partial charge in [0, 0.05) is 24.6 Å². The van der Waals surface area contributed by atoms with Gasteiger partial charge in [-0.2, -0.15) is 0 Å². The van der Waals surface area contributed by atoms with Crippen molar-refractivity contribution in [3.63, 3.8) is 0 Å². The molecule has 0 aliphatic rings. The predicted molar refractivity (Wildman–Crippen MR) is 136 cm³/mol. The maximum atomic E-state index is 11.9. The number of aliphatic hydroxyl groups is 1. The minimum Gasteiger partial charge on any atom is -0.384 e. The summed E-state index contributed by atoms with van der Waals surface area (Å²) in [6, 6.07) is 24.5. The van der Waals surface area contributed by atoms with E-state index in [4.69, 9.17) is 16.6 Å². The molecule has 176 valence electrons. The summed E-state index contributed by atoms with van der Waals surface area (Å²) >= 11 is 6.72. The van der Waals surface area contributed by atoms with Crippen LogP contribution in [0.15, 0.2) is 90.0 Å². The first-order valence-electron chi connectivity index (χ1n) is 10.9. The van der Waals surface area contributed by atoms with Crippen LogP contribution in [-0.2, 0) is 21.9 Å². The second-order valence-corrected chi connectivity index (χ2v) is 11.4. The fraction of sp³-hybridized carbons (Fsp3) is 0.222. The number of nitrogens with zero attached hydrogens (tertiary/aromatic N) is 2. The molecule has 34 heavy (non-hydrogen) atoms. The molecule has 4 aromatic rings. The van der Waals surface area contributed by atoms with Gasteiger partial charge >= 0.3 is 0 Å². The van der Waals surface area contributed by atoms with Crippen molar-refractivity contribution in [1.82, 2.24) is 9.55 Å². The van der Waals surface area contributed by atoms with E-state index in [0.29, 0.717) is 12.1 Å². The summed E-state index contributed by atoms with van der Waals surface area (Å²) in [5, 5.41) is 10.3. The lowest BCUT2D eigenvalue weighted by Gasteiger charge is -2.13. The predicted octanol–water partition coefficient (Wildman–Crippen LogP) is 5.69. The van der Waals surface area contributed by atoms with Crippen molar-refractivity contribution in [3.8, 4) is 16.8 Å². The summed E-state index contributed by atoms with van der Waals surface area (Å²) in [5.74, 6) is 0.743. The van der Waals surface area contributed by atoms with E-state index >= 15 is 0 Å². The topological polar surface area (TPSA) is 72.2 Å². The molecule has 0 aliphatic heterocycles. The Balaban J connectivity index is 1.69. The molecule has 1 unspecified atom stereocenters. The molecular weight excluding hydrogens is 468 g/mol. The molecule has 5 nitrogen and oxygen atoms in total. The average Bonchev–Trinajstić information content (AvgIpc) is 3.23. The molecule has 7 heteroatoms. The van der Waals surface area contributed by atoms with Crippen LogP contribution < -0.4 is 0 Å². The lowest BCUT2D eigenvalue weighted by Crippen LogP contribution is -2.16. The summed E-state index contributed by atoms with van der Waals surface area (Å²) in [5.41, 5.74) is 3.06. The molecule has 1 heterocycles. The Morgan fingerprint density at radius 3 is 2.26 bits per heavy atom. The largest absolute Gasteiger partial charge is 0.384 e. The van der Waals surface area contributed by atoms with E-state index in [1.54, 1.807) is 32.0 Å². The maximum Gasteiger partial charge on any atom is 0.175 e. The standard InChI is InChI=1S/C27H27ClN2O3S/c1-27(2,31)25-18-30(26(29-25)17-24(28)20-8-5-4-6-9-20)22-14-12-19(13-15-22)21-10-7-11-23(16-21)34(3,32)33/h4-16,18,24,31H,17H2,1-3H3. The molecule has 0 fully saturated rings. The van der Waals surface area contributed by atoms with Gasteiger partial charge in [0.15, 0.2) is 9.84 Å². The minimum atomic E-state index is -3.28. The number of benzene rings is 3. The number of hydrogen-bond acceptors (Lipinski definition) is 4. The van der Waals surface area contributed by atoms with Crippen LogP contribution in [0.5, 0.6) is 0 Å². The fourth-order valence-electron chi connectivity index (χ4n) is 3.74. The third-order valence-electron chi connectivity index (χ3n) is 5.67. The Kier molecular flexibility index (Phi) is 6.67. The van der Waals surface area contributed by atoms with Gasteiger partial charge in [-0.25, -0.2) is 13.4 Å². The van der Waals surface area contributed by atoms with Gasteiger partial charge in [0.1, 0.15) is 11.4 Å². The van der Waals surface area contributed by atoms with Gasteiger partial charge in [0.25, 0.3) is 0 Å². The molecule has 0 amide bonds. The fourth-order valence-corrected chi connectivity index (χ4v) is 4.69. The highest BCUT2D eigenvalue weighted by Gasteiger charge is 2.24. The summed E-state index contributed by atoms with van der Waals surface area (Å²) in [6.45, 7) is 3.41. The molecule has 0 saturated carbocycles. The van der Waals surface area contributed by atoms with E-state index in [9.17, 15) is 13.5 Å². The van der Waals surface area contributed by atoms with E-state index in [1.165, 1.54) is 6.26 Å². The Morgan fingerprint density at radius 2 is 1.65 bits per heavy atom. The Bertz CT molecular complexity index is 1390. The second kappa shape index (κ2) is 9.37. The molecule has 1 atom stereocenters. The molecule has 0 bridgehead atoms. The van der Waals surface area contributed by atoms with Crippen LogP contribution in [0.2, 0.25) is 0 Å². The number of rotatable bonds is 7. The van der Waals surface area contributed by atoms with Crippen LogP contribution in [0.3, 0.4) is 0 Å². The minimum absolute atomic E-state index is 0.269. The van der Waals surface area contributed by atoms with Gasteiger partial charge in [-0.05, 0) is 54.8 Å². The number of alkyl halides is 1. The van der Waals surface area contributed by atoms with Crippen LogP contribution in [0.1, 0.15) is 36.3 Å². The molecule has 3 aromatic carbocycles. The van der Waals surface area contributed by atoms with Crippen molar-refractivity contribution in [2.24, 2.45) is 0 Å². The van der Waals surface area contributed by atoms with Crippen molar-refractivity contribution in [1.29, 1.82) is 0 Å². The molecule has 0 spiro atoms. The van der Waals surface area contributed by atoms with Crippen molar-refractivity contribution < 1.29 is 13.5 Å². The van der Waals surface area contributed by atoms with E-state index in [-0.39, 0.29) is 10.3 Å². The van der Waals surface area contributed by atoms with Gasteiger partial charge in [0.05, 0.1) is 16.0 Å². The molecule has 0 saturated heterocycles. The van der Waals surface area contributed by atoms with Crippen LogP contribution in [0, 0.1) is 0 Å².